The molecule has 1 aliphatic heterocycles. The van der Waals surface area contributed by atoms with Crippen LogP contribution >= 0.6 is 23.4 Å². The van der Waals surface area contributed by atoms with Crippen molar-refractivity contribution in [3.63, 3.8) is 0 Å². The second-order valence-corrected chi connectivity index (χ2v) is 4.92. The van der Waals surface area contributed by atoms with Crippen molar-refractivity contribution in [1.29, 1.82) is 0 Å². The van der Waals surface area contributed by atoms with Gasteiger partial charge in [0.2, 0.25) is 0 Å². The van der Waals surface area contributed by atoms with Gasteiger partial charge in [0.05, 0.1) is 0 Å². The third kappa shape index (κ3) is 2.86. The van der Waals surface area contributed by atoms with E-state index < -0.39 is 0 Å². The lowest BCUT2D eigenvalue weighted by Crippen LogP contribution is -2.35. The van der Waals surface area contributed by atoms with Crippen LogP contribution in [0.25, 0.3) is 0 Å². The van der Waals surface area contributed by atoms with E-state index in [-0.39, 0.29) is 11.9 Å². The molecule has 1 aliphatic rings. The number of thioether (sulfide) groups is 1. The van der Waals surface area contributed by atoms with Crippen molar-refractivity contribution in [3.8, 4) is 0 Å². The summed E-state index contributed by atoms with van der Waals surface area (Å²) in [4.78, 5) is 15.7. The molecule has 3 nitrogen and oxygen atoms in total. The Bertz CT molecular complexity index is 366. The van der Waals surface area contributed by atoms with Crippen LogP contribution in [0.4, 0.5) is 0 Å². The molecule has 1 fully saturated rings. The van der Waals surface area contributed by atoms with Gasteiger partial charge in [-0.25, -0.2) is 4.98 Å². The van der Waals surface area contributed by atoms with Gasteiger partial charge in [0, 0.05) is 11.8 Å². The van der Waals surface area contributed by atoms with E-state index in [4.69, 9.17) is 11.6 Å². The summed E-state index contributed by atoms with van der Waals surface area (Å²) in [6.45, 7) is 0. The minimum Gasteiger partial charge on any atom is -0.347 e. The standard InChI is InChI=1S/C10H11ClN2OS/c11-9-3-1-2-8(13-9)10(14)12-7-4-5-15-6-7/h1-3,7H,4-6H2,(H,12,14). The molecule has 0 radical (unpaired) electrons. The van der Waals surface area contributed by atoms with Crippen LogP contribution in [-0.4, -0.2) is 28.4 Å². The van der Waals surface area contributed by atoms with Gasteiger partial charge in [0.25, 0.3) is 5.91 Å². The molecule has 5 heteroatoms. The van der Waals surface area contributed by atoms with Gasteiger partial charge in [-0.1, -0.05) is 17.7 Å². The van der Waals surface area contributed by atoms with E-state index in [1.165, 1.54) is 0 Å². The Morgan fingerprint density at radius 3 is 3.13 bits per heavy atom. The molecule has 2 rings (SSSR count). The summed E-state index contributed by atoms with van der Waals surface area (Å²) in [6, 6.07) is 5.34. The maximum Gasteiger partial charge on any atom is 0.270 e. The molecule has 1 atom stereocenters. The van der Waals surface area contributed by atoms with Gasteiger partial charge in [0.15, 0.2) is 0 Å². The van der Waals surface area contributed by atoms with Gasteiger partial charge in [-0.3, -0.25) is 4.79 Å². The number of carbonyl (C=O) groups is 1. The summed E-state index contributed by atoms with van der Waals surface area (Å²) in [5.74, 6) is 1.98. The number of pyridine rings is 1. The van der Waals surface area contributed by atoms with Crippen LogP contribution in [0.1, 0.15) is 16.9 Å². The quantitative estimate of drug-likeness (QED) is 0.807. The van der Waals surface area contributed by atoms with E-state index in [0.717, 1.165) is 17.9 Å². The lowest BCUT2D eigenvalue weighted by atomic mass is 10.2. The molecule has 1 aromatic rings. The first-order valence-electron chi connectivity index (χ1n) is 4.77. The van der Waals surface area contributed by atoms with Gasteiger partial charge in [0.1, 0.15) is 10.8 Å². The molecule has 1 N–H and O–H groups in total. The van der Waals surface area contributed by atoms with Crippen LogP contribution in [0.5, 0.6) is 0 Å². The maximum absolute atomic E-state index is 11.7. The highest BCUT2D eigenvalue weighted by Gasteiger charge is 2.18. The molecule has 0 aromatic carbocycles. The van der Waals surface area contributed by atoms with Gasteiger partial charge in [-0.05, 0) is 24.3 Å². The molecule has 15 heavy (non-hydrogen) atoms. The molecule has 80 valence electrons. The Morgan fingerprint density at radius 2 is 2.47 bits per heavy atom. The number of hydrogen-bond acceptors (Lipinski definition) is 3. The van der Waals surface area contributed by atoms with Gasteiger partial charge >= 0.3 is 0 Å². The van der Waals surface area contributed by atoms with Crippen molar-refractivity contribution in [3.05, 3.63) is 29.0 Å². The van der Waals surface area contributed by atoms with Gasteiger partial charge in [-0.15, -0.1) is 0 Å². The summed E-state index contributed by atoms with van der Waals surface area (Å²) >= 11 is 7.57. The Kier molecular flexibility index (Phi) is 3.49. The lowest BCUT2D eigenvalue weighted by Gasteiger charge is -2.10. The van der Waals surface area contributed by atoms with Crippen LogP contribution in [0.15, 0.2) is 18.2 Å². The van der Waals surface area contributed by atoms with E-state index in [9.17, 15) is 4.79 Å². The minimum atomic E-state index is -0.134. The average molecular weight is 243 g/mol. The Labute approximate surface area is 97.6 Å². The molecular formula is C10H11ClN2OS. The molecule has 0 aliphatic carbocycles. The van der Waals surface area contributed by atoms with Crippen LogP contribution < -0.4 is 5.32 Å². The smallest absolute Gasteiger partial charge is 0.270 e. The topological polar surface area (TPSA) is 42.0 Å². The number of amides is 1. The number of rotatable bonds is 2. The van der Waals surface area contributed by atoms with E-state index in [0.29, 0.717) is 10.8 Å². The van der Waals surface area contributed by atoms with Crippen molar-refractivity contribution in [2.24, 2.45) is 0 Å². The molecule has 1 unspecified atom stereocenters. The summed E-state index contributed by atoms with van der Waals surface area (Å²) in [5.41, 5.74) is 0.388. The van der Waals surface area contributed by atoms with E-state index >= 15 is 0 Å². The number of nitrogens with one attached hydrogen (secondary N) is 1. The molecular weight excluding hydrogens is 232 g/mol. The monoisotopic (exact) mass is 242 g/mol. The van der Waals surface area contributed by atoms with Crippen molar-refractivity contribution in [2.45, 2.75) is 12.5 Å². The Balaban J connectivity index is 2.01. The number of halogens is 1. The fourth-order valence-electron chi connectivity index (χ4n) is 1.44. The van der Waals surface area contributed by atoms with E-state index in [1.54, 1.807) is 18.2 Å². The van der Waals surface area contributed by atoms with Crippen molar-refractivity contribution >= 4 is 29.3 Å². The second-order valence-electron chi connectivity index (χ2n) is 3.38. The summed E-state index contributed by atoms with van der Waals surface area (Å²) in [6.07, 6.45) is 1.04. The molecule has 2 heterocycles. The SMILES string of the molecule is O=C(NC1CCSC1)c1cccc(Cl)n1. The fourth-order valence-corrected chi connectivity index (χ4v) is 2.76. The fraction of sp³-hybridized carbons (Fsp3) is 0.400. The van der Waals surface area contributed by atoms with Crippen LogP contribution in [0, 0.1) is 0 Å². The first-order valence-corrected chi connectivity index (χ1v) is 6.30. The first kappa shape index (κ1) is 10.8. The Morgan fingerprint density at radius 1 is 1.60 bits per heavy atom. The highest BCUT2D eigenvalue weighted by atomic mass is 35.5. The van der Waals surface area contributed by atoms with Crippen molar-refractivity contribution in [2.75, 3.05) is 11.5 Å². The third-order valence-electron chi connectivity index (χ3n) is 2.21. The summed E-state index contributed by atoms with van der Waals surface area (Å²) < 4.78 is 0. The number of nitrogens with zero attached hydrogens (tertiary/aromatic N) is 1. The zero-order valence-electron chi connectivity index (χ0n) is 8.07. The minimum absolute atomic E-state index is 0.134. The van der Waals surface area contributed by atoms with Gasteiger partial charge in [-0.2, -0.15) is 11.8 Å². The average Bonchev–Trinajstić information content (AvgIpc) is 2.70. The van der Waals surface area contributed by atoms with E-state index in [1.807, 2.05) is 11.8 Å². The number of aromatic nitrogens is 1. The second kappa shape index (κ2) is 4.86. The predicted molar refractivity (Wildman–Crippen MR) is 62.4 cm³/mol. The maximum atomic E-state index is 11.7. The normalized spacial score (nSPS) is 20.2. The number of hydrogen-bond donors (Lipinski definition) is 1. The molecule has 0 saturated carbocycles. The molecule has 1 amide bonds. The largest absolute Gasteiger partial charge is 0.347 e. The van der Waals surface area contributed by atoms with Crippen LogP contribution in [0.2, 0.25) is 5.15 Å². The first-order chi connectivity index (χ1) is 7.25. The van der Waals surface area contributed by atoms with Crippen LogP contribution in [0.3, 0.4) is 0 Å². The zero-order chi connectivity index (χ0) is 10.7. The molecule has 1 aromatic heterocycles. The molecule has 0 bridgehead atoms. The van der Waals surface area contributed by atoms with Crippen LogP contribution in [-0.2, 0) is 0 Å². The molecule has 1 saturated heterocycles. The van der Waals surface area contributed by atoms with Crippen molar-refractivity contribution in [1.82, 2.24) is 10.3 Å². The van der Waals surface area contributed by atoms with Gasteiger partial charge < -0.3 is 5.32 Å². The zero-order valence-corrected chi connectivity index (χ0v) is 9.64. The Hall–Kier alpha value is -0.740. The molecule has 0 spiro atoms. The lowest BCUT2D eigenvalue weighted by molar-refractivity contribution is 0.0936. The number of carbonyl (C=O) groups excluding carboxylic acids is 1. The summed E-state index contributed by atoms with van der Waals surface area (Å²) in [7, 11) is 0. The highest BCUT2D eigenvalue weighted by Crippen LogP contribution is 2.17. The third-order valence-corrected chi connectivity index (χ3v) is 3.59. The summed E-state index contributed by atoms with van der Waals surface area (Å²) in [5, 5.41) is 3.29. The van der Waals surface area contributed by atoms with Crippen molar-refractivity contribution < 1.29 is 4.79 Å². The highest BCUT2D eigenvalue weighted by molar-refractivity contribution is 7.99. The predicted octanol–water partition coefficient (Wildman–Crippen LogP) is 1.97. The van der Waals surface area contributed by atoms with E-state index in [2.05, 4.69) is 10.3 Å².